The molecule has 0 radical (unpaired) electrons. The van der Waals surface area contributed by atoms with Crippen molar-refractivity contribution < 1.29 is 20.4 Å². The van der Waals surface area contributed by atoms with E-state index >= 15 is 0 Å². The van der Waals surface area contributed by atoms with Crippen LogP contribution in [0.2, 0.25) is 0 Å². The Balaban J connectivity index is 0. The summed E-state index contributed by atoms with van der Waals surface area (Å²) in [6, 6.07) is 0. The molecule has 0 saturated carbocycles. The van der Waals surface area contributed by atoms with Crippen molar-refractivity contribution in [1.82, 2.24) is 0 Å². The van der Waals surface area contributed by atoms with Gasteiger partial charge in [0.25, 0.3) is 0 Å². The van der Waals surface area contributed by atoms with E-state index in [2.05, 4.69) is 47.3 Å². The second-order valence-electron chi connectivity index (χ2n) is 2.87. The molecule has 0 N–H and O–H groups in total. The quantitative estimate of drug-likeness (QED) is 0.615. The minimum absolute atomic E-state index is 0. The van der Waals surface area contributed by atoms with Gasteiger partial charge in [0.15, 0.2) is 0 Å². The van der Waals surface area contributed by atoms with Gasteiger partial charge < -0.3 is 0 Å². The van der Waals surface area contributed by atoms with Gasteiger partial charge in [0.1, 0.15) is 0 Å². The number of allylic oxidation sites excluding steroid dienone is 4. The average molecular weight is 242 g/mol. The summed E-state index contributed by atoms with van der Waals surface area (Å²) in [5.41, 5.74) is 3.07. The fourth-order valence-corrected chi connectivity index (χ4v) is 1.79. The molecule has 0 heterocycles. The third-order valence-corrected chi connectivity index (χ3v) is 3.47. The van der Waals surface area contributed by atoms with Crippen molar-refractivity contribution >= 4 is 24.8 Å². The van der Waals surface area contributed by atoms with Gasteiger partial charge in [-0.15, -0.1) is 24.8 Å². The standard InChI is InChI=1S/C9H13.2ClH.Ti/c1-4-9-6-7(2)5-8(9)3;;;/h6-7H,4H2,1-3H3;2*1H;. The van der Waals surface area contributed by atoms with Crippen LogP contribution in [-0.2, 0) is 20.4 Å². The predicted molar refractivity (Wildman–Crippen MR) is 54.7 cm³/mol. The first-order chi connectivity index (χ1) is 4.66. The van der Waals surface area contributed by atoms with Crippen LogP contribution < -0.4 is 0 Å². The van der Waals surface area contributed by atoms with Gasteiger partial charge in [-0.2, -0.15) is 0 Å². The molecule has 12 heavy (non-hydrogen) atoms. The number of halogens is 2. The van der Waals surface area contributed by atoms with Crippen LogP contribution in [0, 0.1) is 5.92 Å². The van der Waals surface area contributed by atoms with Crippen molar-refractivity contribution in [3.8, 4) is 0 Å². The third kappa shape index (κ3) is 2.92. The van der Waals surface area contributed by atoms with Crippen LogP contribution in [0.1, 0.15) is 27.2 Å². The minimum atomic E-state index is 0. The molecule has 0 amide bonds. The Kier molecular flexibility index (Phi) is 7.96. The van der Waals surface area contributed by atoms with Crippen molar-refractivity contribution in [2.45, 2.75) is 27.2 Å². The van der Waals surface area contributed by atoms with E-state index in [1.807, 2.05) is 0 Å². The summed E-state index contributed by atoms with van der Waals surface area (Å²) in [5.74, 6) is 0.690. The summed E-state index contributed by atoms with van der Waals surface area (Å²) in [6.45, 7) is 6.72. The molecule has 1 atom stereocenters. The van der Waals surface area contributed by atoms with E-state index in [0.717, 1.165) is 0 Å². The molecule has 0 aromatic heterocycles. The van der Waals surface area contributed by atoms with E-state index < -0.39 is 0 Å². The zero-order valence-corrected chi connectivity index (χ0v) is 10.9. The second kappa shape index (κ2) is 6.26. The average Bonchev–Trinajstić information content (AvgIpc) is 2.17. The Morgan fingerprint density at radius 2 is 1.92 bits per heavy atom. The SMILES string of the molecule is CCC1=CC(C)[C]([Ti])=C1C.Cl.Cl. The summed E-state index contributed by atoms with van der Waals surface area (Å²) in [6.07, 6.45) is 3.57. The van der Waals surface area contributed by atoms with Gasteiger partial charge in [-0.25, -0.2) is 0 Å². The molecule has 1 aliphatic carbocycles. The molecular weight excluding hydrogens is 227 g/mol. The molecular formula is C9H15Cl2Ti. The van der Waals surface area contributed by atoms with Crippen LogP contribution in [0.4, 0.5) is 0 Å². The van der Waals surface area contributed by atoms with Gasteiger partial charge in [0, 0.05) is 0 Å². The first-order valence-electron chi connectivity index (χ1n) is 3.80. The van der Waals surface area contributed by atoms with Crippen molar-refractivity contribution in [3.05, 3.63) is 21.1 Å². The molecule has 3 heteroatoms. The molecule has 69 valence electrons. The number of hydrogen-bond acceptors (Lipinski definition) is 0. The normalized spacial score (nSPS) is 21.2. The summed E-state index contributed by atoms with van der Waals surface area (Å²) in [7, 11) is 0. The Morgan fingerprint density at radius 3 is 2.08 bits per heavy atom. The van der Waals surface area contributed by atoms with Gasteiger partial charge in [-0.05, 0) is 0 Å². The largest absolute Gasteiger partial charge is 0.147 e. The molecule has 0 bridgehead atoms. The number of rotatable bonds is 1. The van der Waals surface area contributed by atoms with Crippen molar-refractivity contribution in [3.63, 3.8) is 0 Å². The van der Waals surface area contributed by atoms with Gasteiger partial charge in [0.2, 0.25) is 0 Å². The Hall–Kier alpha value is 0.774. The number of hydrogen-bond donors (Lipinski definition) is 0. The Bertz CT molecular complexity index is 207. The smallest absolute Gasteiger partial charge is 0.147 e. The maximum atomic E-state index is 2.38. The molecule has 0 spiro atoms. The van der Waals surface area contributed by atoms with Crippen molar-refractivity contribution in [1.29, 1.82) is 0 Å². The second-order valence-corrected chi connectivity index (χ2v) is 3.71. The molecule has 0 saturated heterocycles. The summed E-state index contributed by atoms with van der Waals surface area (Å²) < 4.78 is 1.55. The van der Waals surface area contributed by atoms with E-state index in [0.29, 0.717) is 5.92 Å². The molecule has 0 aliphatic heterocycles. The molecule has 1 rings (SSSR count). The fraction of sp³-hybridized carbons (Fsp3) is 0.556. The monoisotopic (exact) mass is 241 g/mol. The molecule has 0 nitrogen and oxygen atoms in total. The van der Waals surface area contributed by atoms with E-state index in [-0.39, 0.29) is 24.8 Å². The van der Waals surface area contributed by atoms with Gasteiger partial charge in [-0.3, -0.25) is 0 Å². The summed E-state index contributed by atoms with van der Waals surface area (Å²) in [5, 5.41) is 0. The Morgan fingerprint density at radius 1 is 1.42 bits per heavy atom. The molecule has 0 aromatic carbocycles. The topological polar surface area (TPSA) is 0 Å². The van der Waals surface area contributed by atoms with E-state index in [1.165, 1.54) is 12.0 Å². The van der Waals surface area contributed by atoms with E-state index in [4.69, 9.17) is 0 Å². The van der Waals surface area contributed by atoms with Gasteiger partial charge in [0.05, 0.1) is 0 Å². The third-order valence-electron chi connectivity index (χ3n) is 2.17. The molecule has 0 aromatic rings. The van der Waals surface area contributed by atoms with E-state index in [1.54, 1.807) is 9.45 Å². The van der Waals surface area contributed by atoms with Crippen molar-refractivity contribution in [2.75, 3.05) is 0 Å². The maximum Gasteiger partial charge on any atom is -0.147 e. The Labute approximate surface area is 99.1 Å². The van der Waals surface area contributed by atoms with Crippen molar-refractivity contribution in [2.24, 2.45) is 5.92 Å². The molecule has 1 unspecified atom stereocenters. The molecule has 0 fully saturated rings. The summed E-state index contributed by atoms with van der Waals surface area (Å²) >= 11 is 2.24. The maximum absolute atomic E-state index is 2.38. The van der Waals surface area contributed by atoms with E-state index in [9.17, 15) is 0 Å². The van der Waals surface area contributed by atoms with Gasteiger partial charge in [-0.1, -0.05) is 0 Å². The molecule has 1 aliphatic rings. The van der Waals surface area contributed by atoms with Crippen LogP contribution in [0.15, 0.2) is 21.1 Å². The van der Waals surface area contributed by atoms with Crippen LogP contribution in [-0.4, -0.2) is 0 Å². The van der Waals surface area contributed by atoms with Crippen LogP contribution in [0.5, 0.6) is 0 Å². The summed E-state index contributed by atoms with van der Waals surface area (Å²) in [4.78, 5) is 0. The van der Waals surface area contributed by atoms with Crippen LogP contribution in [0.25, 0.3) is 0 Å². The van der Waals surface area contributed by atoms with Crippen LogP contribution >= 0.6 is 24.8 Å². The first-order valence-corrected chi connectivity index (χ1v) is 4.58. The first kappa shape index (κ1) is 15.3. The zero-order chi connectivity index (χ0) is 7.72. The minimum Gasteiger partial charge on any atom is -0.147 e. The predicted octanol–water partition coefficient (Wildman–Crippen LogP) is 3.64. The van der Waals surface area contributed by atoms with Crippen LogP contribution in [0.3, 0.4) is 0 Å². The zero-order valence-electron chi connectivity index (χ0n) is 7.68. The van der Waals surface area contributed by atoms with Gasteiger partial charge >= 0.3 is 74.6 Å². The fourth-order valence-electron chi connectivity index (χ4n) is 1.41.